The highest BCUT2D eigenvalue weighted by Crippen LogP contribution is 2.46. The van der Waals surface area contributed by atoms with Gasteiger partial charge in [0.25, 0.3) is 0 Å². The van der Waals surface area contributed by atoms with Crippen molar-refractivity contribution in [2.45, 2.75) is 38.1 Å². The zero-order chi connectivity index (χ0) is 13.2. The zero-order valence-corrected chi connectivity index (χ0v) is 11.6. The second-order valence-corrected chi connectivity index (χ2v) is 5.88. The van der Waals surface area contributed by atoms with Crippen molar-refractivity contribution >= 4 is 0 Å². The van der Waals surface area contributed by atoms with Gasteiger partial charge in [0.1, 0.15) is 5.75 Å². The predicted octanol–water partition coefficient (Wildman–Crippen LogP) is 3.64. The summed E-state index contributed by atoms with van der Waals surface area (Å²) in [6, 6.07) is 8.33. The second kappa shape index (κ2) is 5.51. The molecular weight excluding hydrogens is 238 g/mol. The Balaban J connectivity index is 1.90. The van der Waals surface area contributed by atoms with Crippen LogP contribution in [0.3, 0.4) is 0 Å². The minimum atomic E-state index is 0.147. The van der Waals surface area contributed by atoms with Gasteiger partial charge >= 0.3 is 0 Å². The van der Waals surface area contributed by atoms with Crippen LogP contribution in [0.15, 0.2) is 24.3 Å². The Kier molecular flexibility index (Phi) is 3.76. The SMILES string of the molecule is COc1cccc(C2C3CCCCC3CCN2O)c1. The van der Waals surface area contributed by atoms with Gasteiger partial charge in [0.2, 0.25) is 0 Å². The molecule has 0 bridgehead atoms. The van der Waals surface area contributed by atoms with Crippen molar-refractivity contribution in [3.63, 3.8) is 0 Å². The molecule has 0 radical (unpaired) electrons. The van der Waals surface area contributed by atoms with Gasteiger partial charge < -0.3 is 9.94 Å². The summed E-state index contributed by atoms with van der Waals surface area (Å²) >= 11 is 0. The number of fused-ring (bicyclic) bond motifs is 1. The monoisotopic (exact) mass is 261 g/mol. The molecule has 19 heavy (non-hydrogen) atoms. The third kappa shape index (κ3) is 2.49. The lowest BCUT2D eigenvalue weighted by Gasteiger charge is -2.45. The molecule has 0 amide bonds. The van der Waals surface area contributed by atoms with E-state index in [4.69, 9.17) is 4.74 Å². The lowest BCUT2D eigenvalue weighted by atomic mass is 9.70. The van der Waals surface area contributed by atoms with E-state index in [-0.39, 0.29) is 6.04 Å². The molecule has 3 nitrogen and oxygen atoms in total. The van der Waals surface area contributed by atoms with Crippen LogP contribution in [0.5, 0.6) is 5.75 Å². The Labute approximate surface area is 115 Å². The van der Waals surface area contributed by atoms with E-state index in [1.807, 2.05) is 12.1 Å². The minimum absolute atomic E-state index is 0.147. The first-order chi connectivity index (χ1) is 9.29. The van der Waals surface area contributed by atoms with Gasteiger partial charge in [-0.25, -0.2) is 0 Å². The fourth-order valence-electron chi connectivity index (χ4n) is 3.91. The van der Waals surface area contributed by atoms with Crippen LogP contribution in [-0.4, -0.2) is 23.9 Å². The summed E-state index contributed by atoms with van der Waals surface area (Å²) in [6.07, 6.45) is 6.37. The summed E-state index contributed by atoms with van der Waals surface area (Å²) in [5, 5.41) is 11.9. The highest BCUT2D eigenvalue weighted by molar-refractivity contribution is 5.31. The Morgan fingerprint density at radius 3 is 2.89 bits per heavy atom. The summed E-state index contributed by atoms with van der Waals surface area (Å²) in [5.74, 6) is 2.26. The van der Waals surface area contributed by atoms with Crippen molar-refractivity contribution in [2.75, 3.05) is 13.7 Å². The Bertz CT molecular complexity index is 435. The summed E-state index contributed by atoms with van der Waals surface area (Å²) in [4.78, 5) is 0. The van der Waals surface area contributed by atoms with Gasteiger partial charge in [-0.15, -0.1) is 0 Å². The number of ether oxygens (including phenoxy) is 1. The van der Waals surface area contributed by atoms with Crippen molar-refractivity contribution in [1.29, 1.82) is 0 Å². The van der Waals surface area contributed by atoms with Crippen LogP contribution in [0.1, 0.15) is 43.7 Å². The summed E-state index contributed by atoms with van der Waals surface area (Å²) in [5.41, 5.74) is 1.19. The summed E-state index contributed by atoms with van der Waals surface area (Å²) < 4.78 is 5.32. The molecule has 2 aliphatic rings. The van der Waals surface area contributed by atoms with Crippen LogP contribution in [-0.2, 0) is 0 Å². The topological polar surface area (TPSA) is 32.7 Å². The molecule has 2 fully saturated rings. The minimum Gasteiger partial charge on any atom is -0.497 e. The van der Waals surface area contributed by atoms with Gasteiger partial charge in [0.05, 0.1) is 13.2 Å². The summed E-state index contributed by atoms with van der Waals surface area (Å²) in [6.45, 7) is 0.795. The number of methoxy groups -OCH3 is 1. The van der Waals surface area contributed by atoms with Crippen LogP contribution >= 0.6 is 0 Å². The number of nitrogens with zero attached hydrogens (tertiary/aromatic N) is 1. The number of benzene rings is 1. The van der Waals surface area contributed by atoms with E-state index in [9.17, 15) is 5.21 Å². The molecule has 3 heteroatoms. The Morgan fingerprint density at radius 2 is 2.05 bits per heavy atom. The third-order valence-electron chi connectivity index (χ3n) is 4.86. The summed E-state index contributed by atoms with van der Waals surface area (Å²) in [7, 11) is 1.69. The number of hydrogen-bond donors (Lipinski definition) is 1. The molecular formula is C16H23NO2. The molecule has 3 unspecified atom stereocenters. The fraction of sp³-hybridized carbons (Fsp3) is 0.625. The van der Waals surface area contributed by atoms with Gasteiger partial charge in [-0.3, -0.25) is 0 Å². The molecule has 3 rings (SSSR count). The number of rotatable bonds is 2. The van der Waals surface area contributed by atoms with Crippen LogP contribution in [0.2, 0.25) is 0 Å². The van der Waals surface area contributed by atoms with E-state index < -0.39 is 0 Å². The van der Waals surface area contributed by atoms with Gasteiger partial charge in [-0.1, -0.05) is 31.4 Å². The maximum atomic E-state index is 10.3. The standard InChI is InChI=1S/C16H23NO2/c1-19-14-7-4-6-13(11-14)16-15-8-3-2-5-12(15)9-10-17(16)18/h4,6-7,11-12,15-16,18H,2-3,5,8-10H2,1H3. The number of hydrogen-bond acceptors (Lipinski definition) is 3. The first-order valence-electron chi connectivity index (χ1n) is 7.39. The molecule has 1 N–H and O–H groups in total. The van der Waals surface area contributed by atoms with Crippen LogP contribution in [0.25, 0.3) is 0 Å². The average Bonchev–Trinajstić information content (AvgIpc) is 2.47. The molecule has 1 aliphatic heterocycles. The molecule has 1 aliphatic carbocycles. The largest absolute Gasteiger partial charge is 0.497 e. The van der Waals surface area contributed by atoms with Crippen LogP contribution in [0.4, 0.5) is 0 Å². The van der Waals surface area contributed by atoms with Crippen molar-refractivity contribution in [1.82, 2.24) is 5.06 Å². The van der Waals surface area contributed by atoms with E-state index in [1.54, 1.807) is 12.2 Å². The van der Waals surface area contributed by atoms with Crippen LogP contribution in [0, 0.1) is 11.8 Å². The molecule has 104 valence electrons. The predicted molar refractivity (Wildman–Crippen MR) is 74.3 cm³/mol. The quantitative estimate of drug-likeness (QED) is 0.882. The molecule has 0 spiro atoms. The second-order valence-electron chi connectivity index (χ2n) is 5.88. The van der Waals surface area contributed by atoms with Gasteiger partial charge in [-0.2, -0.15) is 5.06 Å². The van der Waals surface area contributed by atoms with E-state index in [0.717, 1.165) is 24.6 Å². The lowest BCUT2D eigenvalue weighted by Crippen LogP contribution is -2.42. The molecule has 1 saturated carbocycles. The van der Waals surface area contributed by atoms with E-state index in [2.05, 4.69) is 12.1 Å². The molecule has 3 atom stereocenters. The maximum absolute atomic E-state index is 10.3. The van der Waals surface area contributed by atoms with Crippen LogP contribution < -0.4 is 4.74 Å². The lowest BCUT2D eigenvalue weighted by molar-refractivity contribution is -0.179. The normalized spacial score (nSPS) is 31.8. The molecule has 1 aromatic carbocycles. The maximum Gasteiger partial charge on any atom is 0.119 e. The van der Waals surface area contributed by atoms with Crippen molar-refractivity contribution < 1.29 is 9.94 Å². The van der Waals surface area contributed by atoms with E-state index in [1.165, 1.54) is 31.2 Å². The van der Waals surface area contributed by atoms with Gasteiger partial charge in [-0.05, 0) is 42.4 Å². The first-order valence-corrected chi connectivity index (χ1v) is 7.39. The highest BCUT2D eigenvalue weighted by Gasteiger charge is 2.39. The van der Waals surface area contributed by atoms with Gasteiger partial charge in [0, 0.05) is 6.54 Å². The van der Waals surface area contributed by atoms with E-state index in [0.29, 0.717) is 5.92 Å². The van der Waals surface area contributed by atoms with Gasteiger partial charge in [0.15, 0.2) is 0 Å². The average molecular weight is 261 g/mol. The van der Waals surface area contributed by atoms with E-state index >= 15 is 0 Å². The molecule has 1 aromatic rings. The van der Waals surface area contributed by atoms with Crippen molar-refractivity contribution in [3.05, 3.63) is 29.8 Å². The molecule has 0 aromatic heterocycles. The Morgan fingerprint density at radius 1 is 1.21 bits per heavy atom. The van der Waals surface area contributed by atoms with Crippen molar-refractivity contribution in [2.24, 2.45) is 11.8 Å². The fourth-order valence-corrected chi connectivity index (χ4v) is 3.91. The molecule has 1 heterocycles. The smallest absolute Gasteiger partial charge is 0.119 e. The zero-order valence-electron chi connectivity index (χ0n) is 11.6. The third-order valence-corrected chi connectivity index (χ3v) is 4.86. The first kappa shape index (κ1) is 12.9. The number of piperidine rings is 1. The highest BCUT2D eigenvalue weighted by atomic mass is 16.5. The van der Waals surface area contributed by atoms with Crippen molar-refractivity contribution in [3.8, 4) is 5.75 Å². The Hall–Kier alpha value is -1.06. The number of hydroxylamine groups is 2. The molecule has 1 saturated heterocycles.